The highest BCUT2D eigenvalue weighted by Gasteiger charge is 2.25. The van der Waals surface area contributed by atoms with E-state index < -0.39 is 0 Å². The first-order valence-electron chi connectivity index (χ1n) is 8.66. The lowest BCUT2D eigenvalue weighted by molar-refractivity contribution is -0.127. The number of likely N-dealkylation sites (tertiary alicyclic amines) is 1. The molecule has 3 nitrogen and oxygen atoms in total. The Labute approximate surface area is 135 Å². The first kappa shape index (κ1) is 17.0. The first-order valence-corrected chi connectivity index (χ1v) is 8.66. The molecular weight excluding hydrogens is 272 g/mol. The Morgan fingerprint density at radius 3 is 2.73 bits per heavy atom. The maximum absolute atomic E-state index is 12.3. The number of piperidine rings is 1. The van der Waals surface area contributed by atoms with Crippen LogP contribution in [0.3, 0.4) is 0 Å². The fourth-order valence-electron chi connectivity index (χ4n) is 3.29. The van der Waals surface area contributed by atoms with Crippen LogP contribution in [0.15, 0.2) is 24.3 Å². The van der Waals surface area contributed by atoms with Crippen LogP contribution in [0.25, 0.3) is 0 Å². The number of benzene rings is 1. The van der Waals surface area contributed by atoms with Gasteiger partial charge in [-0.3, -0.25) is 9.69 Å². The van der Waals surface area contributed by atoms with Crippen LogP contribution in [0.5, 0.6) is 0 Å². The third-order valence-corrected chi connectivity index (χ3v) is 4.56. The first-order chi connectivity index (χ1) is 10.6. The number of hydrogen-bond donors (Lipinski definition) is 1. The van der Waals surface area contributed by atoms with Gasteiger partial charge in [-0.05, 0) is 51.8 Å². The summed E-state index contributed by atoms with van der Waals surface area (Å²) in [6.07, 6.45) is 4.15. The van der Waals surface area contributed by atoms with Crippen molar-refractivity contribution < 1.29 is 4.79 Å². The molecule has 1 amide bonds. The lowest BCUT2D eigenvalue weighted by Gasteiger charge is -2.32. The molecule has 122 valence electrons. The summed E-state index contributed by atoms with van der Waals surface area (Å²) in [5.74, 6) is 0.462. The molecule has 1 atom stereocenters. The standard InChI is InChI=1S/C19H30N2O/c1-4-6-16(3)20-19(22)18-9-11-21(12-10-18)14-17-8-5-7-15(2)13-17/h5,7-8,13,16,18H,4,6,9-12,14H2,1-3H3,(H,20,22)/t16-/m1/s1. The minimum absolute atomic E-state index is 0.202. The van der Waals surface area contributed by atoms with E-state index in [-0.39, 0.29) is 11.8 Å². The van der Waals surface area contributed by atoms with Gasteiger partial charge in [0.25, 0.3) is 0 Å². The SMILES string of the molecule is CCC[C@@H](C)NC(=O)C1CCN(Cc2cccc(C)c2)CC1. The van der Waals surface area contributed by atoms with Gasteiger partial charge in [0, 0.05) is 18.5 Å². The molecule has 1 aromatic rings. The second kappa shape index (κ2) is 8.33. The Morgan fingerprint density at radius 2 is 2.09 bits per heavy atom. The van der Waals surface area contributed by atoms with Crippen molar-refractivity contribution in [2.75, 3.05) is 13.1 Å². The van der Waals surface area contributed by atoms with Crippen molar-refractivity contribution in [3.8, 4) is 0 Å². The van der Waals surface area contributed by atoms with Crippen molar-refractivity contribution in [1.82, 2.24) is 10.2 Å². The summed E-state index contributed by atoms with van der Waals surface area (Å²) in [6, 6.07) is 9.02. The fourth-order valence-corrected chi connectivity index (χ4v) is 3.29. The van der Waals surface area contributed by atoms with Crippen LogP contribution in [-0.2, 0) is 11.3 Å². The van der Waals surface area contributed by atoms with E-state index in [2.05, 4.69) is 55.3 Å². The van der Waals surface area contributed by atoms with E-state index in [1.807, 2.05) is 0 Å². The summed E-state index contributed by atoms with van der Waals surface area (Å²) >= 11 is 0. The van der Waals surface area contributed by atoms with Crippen LogP contribution in [0, 0.1) is 12.8 Å². The molecule has 3 heteroatoms. The zero-order valence-corrected chi connectivity index (χ0v) is 14.3. The summed E-state index contributed by atoms with van der Waals surface area (Å²) in [6.45, 7) is 9.45. The molecule has 0 aliphatic carbocycles. The molecule has 1 fully saturated rings. The number of rotatable bonds is 6. The molecule has 1 saturated heterocycles. The molecule has 0 radical (unpaired) electrons. The highest BCUT2D eigenvalue weighted by Crippen LogP contribution is 2.20. The van der Waals surface area contributed by atoms with Gasteiger partial charge in [0.2, 0.25) is 5.91 Å². The van der Waals surface area contributed by atoms with Gasteiger partial charge >= 0.3 is 0 Å². The largest absolute Gasteiger partial charge is 0.353 e. The van der Waals surface area contributed by atoms with Crippen molar-refractivity contribution in [3.63, 3.8) is 0 Å². The number of nitrogens with one attached hydrogen (secondary N) is 1. The van der Waals surface area contributed by atoms with Crippen LogP contribution in [-0.4, -0.2) is 29.9 Å². The zero-order valence-electron chi connectivity index (χ0n) is 14.3. The van der Waals surface area contributed by atoms with Crippen molar-refractivity contribution >= 4 is 5.91 Å². The molecule has 22 heavy (non-hydrogen) atoms. The summed E-state index contributed by atoms with van der Waals surface area (Å²) in [7, 11) is 0. The molecule has 0 unspecified atom stereocenters. The fraction of sp³-hybridized carbons (Fsp3) is 0.632. The molecule has 0 spiro atoms. The van der Waals surface area contributed by atoms with Gasteiger partial charge in [-0.15, -0.1) is 0 Å². The van der Waals surface area contributed by atoms with Gasteiger partial charge in [0.05, 0.1) is 0 Å². The van der Waals surface area contributed by atoms with Gasteiger partial charge in [-0.2, -0.15) is 0 Å². The molecule has 0 saturated carbocycles. The predicted octanol–water partition coefficient (Wildman–Crippen LogP) is 3.51. The molecule has 1 aliphatic rings. The zero-order chi connectivity index (χ0) is 15.9. The summed E-state index contributed by atoms with van der Waals surface area (Å²) in [5, 5.41) is 3.17. The number of carbonyl (C=O) groups excluding carboxylic acids is 1. The van der Waals surface area contributed by atoms with Gasteiger partial charge < -0.3 is 5.32 Å². The van der Waals surface area contributed by atoms with Crippen molar-refractivity contribution in [2.45, 2.75) is 59.0 Å². The minimum Gasteiger partial charge on any atom is -0.353 e. The van der Waals surface area contributed by atoms with Crippen LogP contribution in [0.2, 0.25) is 0 Å². The summed E-state index contributed by atoms with van der Waals surface area (Å²) in [4.78, 5) is 14.7. The number of carbonyl (C=O) groups is 1. The van der Waals surface area contributed by atoms with E-state index in [4.69, 9.17) is 0 Å². The van der Waals surface area contributed by atoms with Gasteiger partial charge in [-0.25, -0.2) is 0 Å². The maximum atomic E-state index is 12.3. The summed E-state index contributed by atoms with van der Waals surface area (Å²) < 4.78 is 0. The monoisotopic (exact) mass is 302 g/mol. The molecule has 1 heterocycles. The van der Waals surface area contributed by atoms with Crippen LogP contribution >= 0.6 is 0 Å². The van der Waals surface area contributed by atoms with Gasteiger partial charge in [0.1, 0.15) is 0 Å². The van der Waals surface area contributed by atoms with Crippen LogP contribution < -0.4 is 5.32 Å². The third-order valence-electron chi connectivity index (χ3n) is 4.56. The third kappa shape index (κ3) is 5.13. The molecule has 1 N–H and O–H groups in total. The second-order valence-corrected chi connectivity index (χ2v) is 6.74. The predicted molar refractivity (Wildman–Crippen MR) is 91.7 cm³/mol. The lowest BCUT2D eigenvalue weighted by atomic mass is 9.95. The number of aryl methyl sites for hydroxylation is 1. The molecule has 0 bridgehead atoms. The molecule has 1 aliphatic heterocycles. The lowest BCUT2D eigenvalue weighted by Crippen LogP contribution is -2.42. The van der Waals surface area contributed by atoms with E-state index in [0.29, 0.717) is 6.04 Å². The Kier molecular flexibility index (Phi) is 6.44. The Morgan fingerprint density at radius 1 is 1.36 bits per heavy atom. The topological polar surface area (TPSA) is 32.3 Å². The van der Waals surface area contributed by atoms with Crippen molar-refractivity contribution in [2.24, 2.45) is 5.92 Å². The smallest absolute Gasteiger partial charge is 0.223 e. The number of hydrogen-bond acceptors (Lipinski definition) is 2. The molecule has 1 aromatic carbocycles. The second-order valence-electron chi connectivity index (χ2n) is 6.74. The van der Waals surface area contributed by atoms with E-state index in [0.717, 1.165) is 45.3 Å². The minimum atomic E-state index is 0.202. The van der Waals surface area contributed by atoms with Crippen LogP contribution in [0.1, 0.15) is 50.7 Å². The molecule has 2 rings (SSSR count). The van der Waals surface area contributed by atoms with E-state index in [1.54, 1.807) is 0 Å². The normalized spacial score (nSPS) is 18.1. The highest BCUT2D eigenvalue weighted by molar-refractivity contribution is 5.79. The average Bonchev–Trinajstić information content (AvgIpc) is 2.48. The van der Waals surface area contributed by atoms with Crippen LogP contribution in [0.4, 0.5) is 0 Å². The molecule has 0 aromatic heterocycles. The summed E-state index contributed by atoms with van der Waals surface area (Å²) in [5.41, 5.74) is 2.69. The number of amides is 1. The average molecular weight is 302 g/mol. The van der Waals surface area contributed by atoms with E-state index >= 15 is 0 Å². The highest BCUT2D eigenvalue weighted by atomic mass is 16.1. The van der Waals surface area contributed by atoms with Crippen molar-refractivity contribution in [3.05, 3.63) is 35.4 Å². The quantitative estimate of drug-likeness (QED) is 0.872. The Hall–Kier alpha value is -1.35. The molecular formula is C19H30N2O. The van der Waals surface area contributed by atoms with E-state index in [9.17, 15) is 4.79 Å². The Balaban J connectivity index is 1.76. The van der Waals surface area contributed by atoms with Gasteiger partial charge in [0.15, 0.2) is 0 Å². The van der Waals surface area contributed by atoms with Gasteiger partial charge in [-0.1, -0.05) is 43.2 Å². The number of nitrogens with zero attached hydrogens (tertiary/aromatic N) is 1. The van der Waals surface area contributed by atoms with E-state index in [1.165, 1.54) is 11.1 Å². The van der Waals surface area contributed by atoms with Crippen molar-refractivity contribution in [1.29, 1.82) is 0 Å². The Bertz CT molecular complexity index is 478. The maximum Gasteiger partial charge on any atom is 0.223 e.